The molecule has 2 aromatic carbocycles. The second-order valence-electron chi connectivity index (χ2n) is 9.01. The van der Waals surface area contributed by atoms with E-state index < -0.39 is 11.2 Å². The van der Waals surface area contributed by atoms with Crippen molar-refractivity contribution < 1.29 is 20.8 Å². The average Bonchev–Trinajstić information content (AvgIpc) is 3.28. The van der Waals surface area contributed by atoms with Crippen molar-refractivity contribution in [1.82, 2.24) is 9.47 Å². The van der Waals surface area contributed by atoms with E-state index in [4.69, 9.17) is 9.47 Å². The number of fused-ring (bicyclic) bond motifs is 4. The molecular weight excluding hydrogens is 418 g/mol. The summed E-state index contributed by atoms with van der Waals surface area (Å²) in [5.74, 6) is 0.725. The Morgan fingerprint density at radius 1 is 1.03 bits per heavy atom. The van der Waals surface area contributed by atoms with Gasteiger partial charge in [0.15, 0.2) is 5.60 Å². The second kappa shape index (κ2) is 7.20. The lowest BCUT2D eigenvalue weighted by molar-refractivity contribution is -0.184. The standard InChI is InChI=1S/C26H23N3O4.H2/c27-15-20-9-10-23-26(33-22-4-2-1-3-21(22)29(20)23)11-13-28(14-12-26)24(30)18-5-7-19(8-6-18)25(31)16-32-17-25;/h1-10,31H,11-14,16-17H2;1H. The number of nitrogens with zero attached hydrogens (tertiary/aromatic N) is 3. The number of aliphatic hydroxyl groups is 1. The van der Waals surface area contributed by atoms with E-state index in [0.717, 1.165) is 22.7 Å². The van der Waals surface area contributed by atoms with Gasteiger partial charge in [0, 0.05) is 32.9 Å². The first kappa shape index (κ1) is 20.0. The number of hydrogen-bond acceptors (Lipinski definition) is 5. The normalized spacial score (nSPS) is 19.6. The summed E-state index contributed by atoms with van der Waals surface area (Å²) in [4.78, 5) is 15.0. The first-order valence-electron chi connectivity index (χ1n) is 11.1. The van der Waals surface area contributed by atoms with Gasteiger partial charge in [0.2, 0.25) is 0 Å². The van der Waals surface area contributed by atoms with Crippen LogP contribution in [0, 0.1) is 11.3 Å². The molecule has 1 spiro atoms. The molecular formula is C26H25N3O4. The van der Waals surface area contributed by atoms with E-state index in [1.165, 1.54) is 0 Å². The predicted octanol–water partition coefficient (Wildman–Crippen LogP) is 3.34. The van der Waals surface area contributed by atoms with E-state index in [-0.39, 0.29) is 20.5 Å². The van der Waals surface area contributed by atoms with E-state index in [1.807, 2.05) is 45.9 Å². The number of amides is 1. The summed E-state index contributed by atoms with van der Waals surface area (Å²) in [6.45, 7) is 1.67. The molecule has 7 heteroatoms. The number of carbonyl (C=O) groups is 1. The summed E-state index contributed by atoms with van der Waals surface area (Å²) in [6, 6.07) is 21.0. The van der Waals surface area contributed by atoms with E-state index in [2.05, 4.69) is 6.07 Å². The van der Waals surface area contributed by atoms with Crippen LogP contribution in [0.3, 0.4) is 0 Å². The zero-order valence-electron chi connectivity index (χ0n) is 18.0. The molecule has 168 valence electrons. The van der Waals surface area contributed by atoms with Crippen molar-refractivity contribution in [2.45, 2.75) is 24.0 Å². The number of rotatable bonds is 2. The molecule has 6 rings (SSSR count). The van der Waals surface area contributed by atoms with Gasteiger partial charge in [0.05, 0.1) is 24.6 Å². The number of piperidine rings is 1. The Morgan fingerprint density at radius 3 is 2.42 bits per heavy atom. The van der Waals surface area contributed by atoms with Crippen LogP contribution in [0.15, 0.2) is 60.7 Å². The quantitative estimate of drug-likeness (QED) is 0.656. The first-order valence-corrected chi connectivity index (χ1v) is 11.1. The summed E-state index contributed by atoms with van der Waals surface area (Å²) in [6.07, 6.45) is 1.27. The van der Waals surface area contributed by atoms with E-state index in [9.17, 15) is 15.2 Å². The highest BCUT2D eigenvalue weighted by Gasteiger charge is 2.45. The van der Waals surface area contributed by atoms with Crippen LogP contribution in [0.1, 0.15) is 41.6 Å². The minimum absolute atomic E-state index is 0. The number of nitriles is 1. The number of aromatic nitrogens is 1. The van der Waals surface area contributed by atoms with Crippen LogP contribution >= 0.6 is 0 Å². The predicted molar refractivity (Wildman–Crippen MR) is 121 cm³/mol. The SMILES string of the molecule is N#Cc1ccc2n1-c1ccccc1OC21CCN(C(=O)c2ccc(C3(O)COC3)cc2)CC1.[HH]. The van der Waals surface area contributed by atoms with Gasteiger partial charge < -0.3 is 19.5 Å². The van der Waals surface area contributed by atoms with E-state index in [0.29, 0.717) is 37.2 Å². The molecule has 2 fully saturated rings. The van der Waals surface area contributed by atoms with E-state index >= 15 is 0 Å². The number of ether oxygens (including phenoxy) is 2. The van der Waals surface area contributed by atoms with Crippen molar-refractivity contribution in [3.8, 4) is 17.5 Å². The third kappa shape index (κ3) is 2.99. The fourth-order valence-electron chi connectivity index (χ4n) is 5.13. The number of hydrogen-bond donors (Lipinski definition) is 1. The van der Waals surface area contributed by atoms with Crippen LogP contribution in [0.25, 0.3) is 5.69 Å². The number of para-hydroxylation sites is 2. The molecule has 0 atom stereocenters. The van der Waals surface area contributed by atoms with Gasteiger partial charge in [-0.3, -0.25) is 9.36 Å². The summed E-state index contributed by atoms with van der Waals surface area (Å²) in [5.41, 5.74) is 2.27. The topological polar surface area (TPSA) is 87.7 Å². The van der Waals surface area contributed by atoms with Gasteiger partial charge in [-0.25, -0.2) is 0 Å². The van der Waals surface area contributed by atoms with Crippen molar-refractivity contribution in [2.75, 3.05) is 26.3 Å². The molecule has 3 aliphatic rings. The van der Waals surface area contributed by atoms with Crippen molar-refractivity contribution in [3.05, 3.63) is 83.2 Å². The lowest BCUT2D eigenvalue weighted by atomic mass is 9.86. The van der Waals surface area contributed by atoms with Crippen LogP contribution in [-0.4, -0.2) is 46.8 Å². The van der Waals surface area contributed by atoms with Crippen LogP contribution in [-0.2, 0) is 15.9 Å². The van der Waals surface area contributed by atoms with Gasteiger partial charge in [0.25, 0.3) is 5.91 Å². The smallest absolute Gasteiger partial charge is 0.253 e. The molecule has 2 saturated heterocycles. The first-order chi connectivity index (χ1) is 16.0. The van der Waals surface area contributed by atoms with Crippen LogP contribution in [0.2, 0.25) is 0 Å². The minimum Gasteiger partial charge on any atom is -0.479 e. The Morgan fingerprint density at radius 2 is 1.76 bits per heavy atom. The van der Waals surface area contributed by atoms with Gasteiger partial charge in [-0.05, 0) is 42.0 Å². The maximum absolute atomic E-state index is 13.2. The fourth-order valence-corrected chi connectivity index (χ4v) is 5.13. The Kier molecular flexibility index (Phi) is 4.37. The zero-order chi connectivity index (χ0) is 22.6. The molecule has 0 aliphatic carbocycles. The lowest BCUT2D eigenvalue weighted by Gasteiger charge is -2.45. The maximum Gasteiger partial charge on any atom is 0.253 e. The second-order valence-corrected chi connectivity index (χ2v) is 9.01. The molecule has 0 radical (unpaired) electrons. The Labute approximate surface area is 192 Å². The van der Waals surface area contributed by atoms with E-state index in [1.54, 1.807) is 24.3 Å². The largest absolute Gasteiger partial charge is 0.479 e. The van der Waals surface area contributed by atoms with Crippen LogP contribution < -0.4 is 4.74 Å². The summed E-state index contributed by atoms with van der Waals surface area (Å²) in [5, 5.41) is 20.1. The minimum atomic E-state index is -0.940. The Hall–Kier alpha value is -3.60. The number of carbonyl (C=O) groups excluding carboxylic acids is 1. The summed E-state index contributed by atoms with van der Waals surface area (Å²) in [7, 11) is 0. The molecule has 1 N–H and O–H groups in total. The van der Waals surface area contributed by atoms with Crippen LogP contribution in [0.5, 0.6) is 5.75 Å². The molecule has 0 bridgehead atoms. The molecule has 7 nitrogen and oxygen atoms in total. The summed E-state index contributed by atoms with van der Waals surface area (Å²) < 4.78 is 13.7. The third-order valence-electron chi connectivity index (χ3n) is 7.08. The van der Waals surface area contributed by atoms with Gasteiger partial charge in [-0.1, -0.05) is 24.3 Å². The van der Waals surface area contributed by atoms with Crippen molar-refractivity contribution >= 4 is 5.91 Å². The van der Waals surface area contributed by atoms with Crippen molar-refractivity contribution in [2.24, 2.45) is 0 Å². The van der Waals surface area contributed by atoms with Crippen molar-refractivity contribution in [3.63, 3.8) is 0 Å². The third-order valence-corrected chi connectivity index (χ3v) is 7.08. The Balaban J connectivity index is 0.00000241. The summed E-state index contributed by atoms with van der Waals surface area (Å²) >= 11 is 0. The molecule has 1 aromatic heterocycles. The van der Waals surface area contributed by atoms with Gasteiger partial charge >= 0.3 is 0 Å². The molecule has 3 aliphatic heterocycles. The monoisotopic (exact) mass is 443 g/mol. The van der Waals surface area contributed by atoms with Gasteiger partial charge in [-0.2, -0.15) is 5.26 Å². The molecule has 4 heterocycles. The average molecular weight is 444 g/mol. The maximum atomic E-state index is 13.2. The lowest BCUT2D eigenvalue weighted by Crippen LogP contribution is -2.50. The number of benzene rings is 2. The fraction of sp³-hybridized carbons (Fsp3) is 0.308. The molecule has 1 amide bonds. The molecule has 33 heavy (non-hydrogen) atoms. The highest BCUT2D eigenvalue weighted by atomic mass is 16.5. The molecule has 3 aromatic rings. The zero-order valence-corrected chi connectivity index (χ0v) is 18.0. The van der Waals surface area contributed by atoms with Gasteiger partial charge in [-0.15, -0.1) is 0 Å². The van der Waals surface area contributed by atoms with Gasteiger partial charge in [0.1, 0.15) is 23.1 Å². The molecule has 0 saturated carbocycles. The number of likely N-dealkylation sites (tertiary alicyclic amines) is 1. The highest BCUT2D eigenvalue weighted by molar-refractivity contribution is 5.94. The van der Waals surface area contributed by atoms with Crippen molar-refractivity contribution in [1.29, 1.82) is 5.26 Å². The molecule has 0 unspecified atom stereocenters. The highest BCUT2D eigenvalue weighted by Crippen LogP contribution is 2.46. The van der Waals surface area contributed by atoms with Crippen LogP contribution in [0.4, 0.5) is 0 Å². The Bertz CT molecular complexity index is 1280.